The first-order valence-corrected chi connectivity index (χ1v) is 5.76. The molecule has 1 atom stereocenters. The molecular weight excluding hydrogens is 250 g/mol. The number of hydrogen-bond donors (Lipinski definition) is 1. The molecule has 1 rings (SSSR count). The average Bonchev–Trinajstić information content (AvgIpc) is 2.49. The average molecular weight is 262 g/mol. The van der Waals surface area contributed by atoms with Crippen LogP contribution in [0.25, 0.3) is 0 Å². The Morgan fingerprint density at radius 2 is 2.46 bits per heavy atom. The smallest absolute Gasteiger partial charge is 0.142 e. The summed E-state index contributed by atoms with van der Waals surface area (Å²) in [6.07, 6.45) is 0.509. The number of ketones is 1. The van der Waals surface area contributed by atoms with Crippen molar-refractivity contribution in [2.45, 2.75) is 13.3 Å². The van der Waals surface area contributed by atoms with Gasteiger partial charge in [-0.2, -0.15) is 0 Å². The SMILES string of the molecule is CC(CN)C(=O)Cc1cc(Br)cs1. The Balaban J connectivity index is 2.54. The summed E-state index contributed by atoms with van der Waals surface area (Å²) in [6, 6.07) is 1.98. The normalized spacial score (nSPS) is 12.8. The first-order chi connectivity index (χ1) is 6.13. The van der Waals surface area contributed by atoms with E-state index in [4.69, 9.17) is 5.73 Å². The van der Waals surface area contributed by atoms with E-state index in [2.05, 4.69) is 15.9 Å². The molecule has 0 aliphatic carbocycles. The van der Waals surface area contributed by atoms with Crippen molar-refractivity contribution < 1.29 is 4.79 Å². The van der Waals surface area contributed by atoms with Crippen molar-refractivity contribution in [2.24, 2.45) is 11.7 Å². The van der Waals surface area contributed by atoms with Gasteiger partial charge in [0.05, 0.1) is 0 Å². The minimum atomic E-state index is -0.0270. The van der Waals surface area contributed by atoms with Gasteiger partial charge in [-0.3, -0.25) is 4.79 Å². The van der Waals surface area contributed by atoms with Gasteiger partial charge >= 0.3 is 0 Å². The van der Waals surface area contributed by atoms with Crippen LogP contribution in [0.2, 0.25) is 0 Å². The molecule has 0 radical (unpaired) electrons. The Kier molecular flexibility index (Phi) is 4.09. The maximum absolute atomic E-state index is 11.5. The molecule has 0 aromatic carbocycles. The second-order valence-electron chi connectivity index (χ2n) is 3.01. The van der Waals surface area contributed by atoms with Gasteiger partial charge in [-0.05, 0) is 22.0 Å². The number of halogens is 1. The highest BCUT2D eigenvalue weighted by Gasteiger charge is 2.12. The maximum atomic E-state index is 11.5. The van der Waals surface area contributed by atoms with E-state index in [1.807, 2.05) is 18.4 Å². The van der Waals surface area contributed by atoms with Gasteiger partial charge in [-0.25, -0.2) is 0 Å². The standard InChI is InChI=1S/C9H12BrNOS/c1-6(4-11)9(12)3-8-2-7(10)5-13-8/h2,5-6H,3-4,11H2,1H3. The molecule has 4 heteroatoms. The summed E-state index contributed by atoms with van der Waals surface area (Å²) < 4.78 is 1.04. The lowest BCUT2D eigenvalue weighted by Crippen LogP contribution is -2.21. The van der Waals surface area contributed by atoms with Crippen LogP contribution >= 0.6 is 27.3 Å². The molecule has 0 bridgehead atoms. The molecule has 0 aliphatic heterocycles. The van der Waals surface area contributed by atoms with Gasteiger partial charge in [0.25, 0.3) is 0 Å². The molecule has 1 unspecified atom stereocenters. The second kappa shape index (κ2) is 4.88. The maximum Gasteiger partial charge on any atom is 0.142 e. The quantitative estimate of drug-likeness (QED) is 0.904. The van der Waals surface area contributed by atoms with Gasteiger partial charge in [0.2, 0.25) is 0 Å². The zero-order chi connectivity index (χ0) is 9.84. The third-order valence-corrected chi connectivity index (χ3v) is 3.57. The molecule has 1 aromatic heterocycles. The summed E-state index contributed by atoms with van der Waals surface area (Å²) in [6.45, 7) is 2.30. The highest BCUT2D eigenvalue weighted by atomic mass is 79.9. The van der Waals surface area contributed by atoms with Crippen LogP contribution in [-0.4, -0.2) is 12.3 Å². The van der Waals surface area contributed by atoms with E-state index in [9.17, 15) is 4.79 Å². The fourth-order valence-corrected chi connectivity index (χ4v) is 2.38. The summed E-state index contributed by atoms with van der Waals surface area (Å²) in [5.74, 6) is 0.192. The molecule has 0 saturated heterocycles. The van der Waals surface area contributed by atoms with E-state index in [0.29, 0.717) is 13.0 Å². The van der Waals surface area contributed by atoms with Gasteiger partial charge in [0, 0.05) is 33.6 Å². The van der Waals surface area contributed by atoms with Crippen LogP contribution in [-0.2, 0) is 11.2 Å². The lowest BCUT2D eigenvalue weighted by molar-refractivity contribution is -0.121. The van der Waals surface area contributed by atoms with Crippen LogP contribution in [0.15, 0.2) is 15.9 Å². The van der Waals surface area contributed by atoms with Crippen molar-refractivity contribution in [3.05, 3.63) is 20.8 Å². The molecule has 0 fully saturated rings. The van der Waals surface area contributed by atoms with E-state index < -0.39 is 0 Å². The summed E-state index contributed by atoms with van der Waals surface area (Å²) >= 11 is 4.95. The summed E-state index contributed by atoms with van der Waals surface area (Å²) in [7, 11) is 0. The molecule has 2 N–H and O–H groups in total. The van der Waals surface area contributed by atoms with Crippen molar-refractivity contribution in [1.29, 1.82) is 0 Å². The molecule has 0 amide bonds. The van der Waals surface area contributed by atoms with Crippen LogP contribution in [0.1, 0.15) is 11.8 Å². The largest absolute Gasteiger partial charge is 0.330 e. The zero-order valence-electron chi connectivity index (χ0n) is 7.42. The Bertz CT molecular complexity index is 298. The van der Waals surface area contributed by atoms with Crippen LogP contribution in [0.3, 0.4) is 0 Å². The highest BCUT2D eigenvalue weighted by molar-refractivity contribution is 9.10. The van der Waals surface area contributed by atoms with Gasteiger partial charge in [0.15, 0.2) is 0 Å². The summed E-state index contributed by atoms with van der Waals surface area (Å²) in [4.78, 5) is 12.6. The molecule has 0 saturated carbocycles. The number of carbonyl (C=O) groups is 1. The second-order valence-corrected chi connectivity index (χ2v) is 4.92. The van der Waals surface area contributed by atoms with E-state index in [-0.39, 0.29) is 11.7 Å². The van der Waals surface area contributed by atoms with Crippen LogP contribution in [0.5, 0.6) is 0 Å². The van der Waals surface area contributed by atoms with Crippen molar-refractivity contribution >= 4 is 33.0 Å². The fraction of sp³-hybridized carbons (Fsp3) is 0.444. The first-order valence-electron chi connectivity index (χ1n) is 4.09. The van der Waals surface area contributed by atoms with Crippen molar-refractivity contribution in [3.8, 4) is 0 Å². The van der Waals surface area contributed by atoms with E-state index >= 15 is 0 Å². The van der Waals surface area contributed by atoms with Crippen molar-refractivity contribution in [3.63, 3.8) is 0 Å². The van der Waals surface area contributed by atoms with Gasteiger partial charge < -0.3 is 5.73 Å². The van der Waals surface area contributed by atoms with Crippen molar-refractivity contribution in [1.82, 2.24) is 0 Å². The topological polar surface area (TPSA) is 43.1 Å². The number of thiophene rings is 1. The summed E-state index contributed by atoms with van der Waals surface area (Å²) in [5.41, 5.74) is 5.41. The summed E-state index contributed by atoms with van der Waals surface area (Å²) in [5, 5.41) is 1.98. The zero-order valence-corrected chi connectivity index (χ0v) is 9.82. The lowest BCUT2D eigenvalue weighted by atomic mass is 10.0. The lowest BCUT2D eigenvalue weighted by Gasteiger charge is -2.04. The molecule has 1 heterocycles. The monoisotopic (exact) mass is 261 g/mol. The van der Waals surface area contributed by atoms with Crippen LogP contribution in [0.4, 0.5) is 0 Å². The predicted molar refractivity (Wildman–Crippen MR) is 58.9 cm³/mol. The van der Waals surface area contributed by atoms with E-state index in [1.54, 1.807) is 11.3 Å². The minimum Gasteiger partial charge on any atom is -0.330 e. The highest BCUT2D eigenvalue weighted by Crippen LogP contribution is 2.20. The van der Waals surface area contributed by atoms with Gasteiger partial charge in [-0.15, -0.1) is 11.3 Å². The number of hydrogen-bond acceptors (Lipinski definition) is 3. The van der Waals surface area contributed by atoms with Gasteiger partial charge in [0.1, 0.15) is 5.78 Å². The molecule has 72 valence electrons. The Hall–Kier alpha value is -0.190. The Morgan fingerprint density at radius 1 is 1.77 bits per heavy atom. The molecule has 0 spiro atoms. The number of Topliss-reactive ketones (excluding diaryl/α,β-unsaturated/α-hetero) is 1. The van der Waals surface area contributed by atoms with E-state index in [0.717, 1.165) is 9.35 Å². The number of nitrogens with two attached hydrogens (primary N) is 1. The van der Waals surface area contributed by atoms with E-state index in [1.165, 1.54) is 0 Å². The van der Waals surface area contributed by atoms with Crippen LogP contribution < -0.4 is 5.73 Å². The van der Waals surface area contributed by atoms with Crippen LogP contribution in [0, 0.1) is 5.92 Å². The molecule has 13 heavy (non-hydrogen) atoms. The molecular formula is C9H12BrNOS. The van der Waals surface area contributed by atoms with Gasteiger partial charge in [-0.1, -0.05) is 6.92 Å². The Labute approximate surface area is 90.3 Å². The number of carbonyl (C=O) groups excluding carboxylic acids is 1. The first kappa shape index (κ1) is 10.9. The minimum absolute atomic E-state index is 0.0270. The molecule has 1 aromatic rings. The Morgan fingerprint density at radius 3 is 2.92 bits per heavy atom. The van der Waals surface area contributed by atoms with Crippen molar-refractivity contribution in [2.75, 3.05) is 6.54 Å². The number of rotatable bonds is 4. The molecule has 2 nitrogen and oxygen atoms in total. The predicted octanol–water partition coefficient (Wildman–Crippen LogP) is 2.22. The fourth-order valence-electron chi connectivity index (χ4n) is 0.924. The molecule has 0 aliphatic rings. The third-order valence-electron chi connectivity index (χ3n) is 1.87. The third kappa shape index (κ3) is 3.21.